The second kappa shape index (κ2) is 9.09. The molecule has 0 aliphatic rings. The van der Waals surface area contributed by atoms with Crippen LogP contribution in [0.5, 0.6) is 5.75 Å². The van der Waals surface area contributed by atoms with Crippen molar-refractivity contribution in [1.29, 1.82) is 0 Å². The third kappa shape index (κ3) is 6.33. The number of ether oxygens (including phenoxy) is 2. The van der Waals surface area contributed by atoms with Crippen LogP contribution < -0.4 is 4.74 Å². The Morgan fingerprint density at radius 3 is 2.70 bits per heavy atom. The van der Waals surface area contributed by atoms with Gasteiger partial charge in [0, 0.05) is 13.1 Å². The van der Waals surface area contributed by atoms with Gasteiger partial charge in [-0.15, -0.1) is 6.58 Å². The molecule has 0 N–H and O–H groups in total. The number of halogens is 1. The SMILES string of the molecule is C=CCN(CCOc1ccc(F)cc1)CC(=O)OCC. The third-order valence-corrected chi connectivity index (χ3v) is 2.54. The molecule has 110 valence electrons. The summed E-state index contributed by atoms with van der Waals surface area (Å²) in [6.45, 7) is 7.53. The van der Waals surface area contributed by atoms with Crippen LogP contribution >= 0.6 is 0 Å². The van der Waals surface area contributed by atoms with Gasteiger partial charge >= 0.3 is 5.97 Å². The Morgan fingerprint density at radius 2 is 2.10 bits per heavy atom. The Balaban J connectivity index is 2.36. The highest BCUT2D eigenvalue weighted by atomic mass is 19.1. The van der Waals surface area contributed by atoms with E-state index < -0.39 is 0 Å². The second-order valence-electron chi connectivity index (χ2n) is 4.13. The fraction of sp³-hybridized carbons (Fsp3) is 0.400. The zero-order chi connectivity index (χ0) is 14.8. The van der Waals surface area contributed by atoms with Crippen molar-refractivity contribution in [2.75, 3.05) is 32.8 Å². The zero-order valence-corrected chi connectivity index (χ0v) is 11.7. The van der Waals surface area contributed by atoms with E-state index in [2.05, 4.69) is 6.58 Å². The van der Waals surface area contributed by atoms with Crippen LogP contribution in [-0.2, 0) is 9.53 Å². The highest BCUT2D eigenvalue weighted by Gasteiger charge is 2.10. The Morgan fingerprint density at radius 1 is 1.40 bits per heavy atom. The molecule has 0 bridgehead atoms. The van der Waals surface area contributed by atoms with E-state index in [1.54, 1.807) is 25.1 Å². The molecule has 1 aromatic carbocycles. The smallest absolute Gasteiger partial charge is 0.320 e. The molecule has 0 spiro atoms. The van der Waals surface area contributed by atoms with Gasteiger partial charge in [0.15, 0.2) is 0 Å². The lowest BCUT2D eigenvalue weighted by atomic mass is 10.3. The predicted molar refractivity (Wildman–Crippen MR) is 75.2 cm³/mol. The molecule has 20 heavy (non-hydrogen) atoms. The van der Waals surface area contributed by atoms with Gasteiger partial charge in [0.2, 0.25) is 0 Å². The summed E-state index contributed by atoms with van der Waals surface area (Å²) in [6.07, 6.45) is 1.72. The monoisotopic (exact) mass is 281 g/mol. The van der Waals surface area contributed by atoms with Gasteiger partial charge in [0.05, 0.1) is 13.2 Å². The van der Waals surface area contributed by atoms with Gasteiger partial charge in [-0.2, -0.15) is 0 Å². The molecule has 0 radical (unpaired) electrons. The van der Waals surface area contributed by atoms with Crippen LogP contribution in [0.15, 0.2) is 36.9 Å². The highest BCUT2D eigenvalue weighted by Crippen LogP contribution is 2.10. The second-order valence-corrected chi connectivity index (χ2v) is 4.13. The third-order valence-electron chi connectivity index (χ3n) is 2.54. The molecule has 0 unspecified atom stereocenters. The fourth-order valence-corrected chi connectivity index (χ4v) is 1.63. The van der Waals surface area contributed by atoms with Crippen LogP contribution in [0, 0.1) is 5.82 Å². The summed E-state index contributed by atoms with van der Waals surface area (Å²) < 4.78 is 23.1. The van der Waals surface area contributed by atoms with E-state index in [-0.39, 0.29) is 18.3 Å². The van der Waals surface area contributed by atoms with Crippen molar-refractivity contribution in [2.45, 2.75) is 6.92 Å². The number of hydrogen-bond acceptors (Lipinski definition) is 4. The van der Waals surface area contributed by atoms with Gasteiger partial charge in [0.25, 0.3) is 0 Å². The average Bonchev–Trinajstić information content (AvgIpc) is 2.41. The maximum atomic E-state index is 12.7. The van der Waals surface area contributed by atoms with Gasteiger partial charge in [-0.05, 0) is 31.2 Å². The number of esters is 1. The molecule has 1 rings (SSSR count). The van der Waals surface area contributed by atoms with Crippen molar-refractivity contribution in [1.82, 2.24) is 4.90 Å². The van der Waals surface area contributed by atoms with E-state index in [4.69, 9.17) is 9.47 Å². The molecular formula is C15H20FNO3. The normalized spacial score (nSPS) is 10.3. The van der Waals surface area contributed by atoms with Crippen LogP contribution in [0.2, 0.25) is 0 Å². The van der Waals surface area contributed by atoms with E-state index in [9.17, 15) is 9.18 Å². The van der Waals surface area contributed by atoms with Crippen molar-refractivity contribution in [3.8, 4) is 5.75 Å². The molecule has 0 heterocycles. The molecule has 0 saturated heterocycles. The minimum atomic E-state index is -0.298. The molecule has 4 nitrogen and oxygen atoms in total. The largest absolute Gasteiger partial charge is 0.492 e. The lowest BCUT2D eigenvalue weighted by Gasteiger charge is -2.19. The summed E-state index contributed by atoms with van der Waals surface area (Å²) in [4.78, 5) is 13.3. The summed E-state index contributed by atoms with van der Waals surface area (Å²) in [5, 5.41) is 0. The van der Waals surface area contributed by atoms with E-state index in [0.717, 1.165) is 0 Å². The van der Waals surface area contributed by atoms with E-state index in [1.807, 2.05) is 4.90 Å². The number of carbonyl (C=O) groups is 1. The molecule has 5 heteroatoms. The van der Waals surface area contributed by atoms with Gasteiger partial charge in [0.1, 0.15) is 18.2 Å². The number of benzene rings is 1. The highest BCUT2D eigenvalue weighted by molar-refractivity contribution is 5.71. The van der Waals surface area contributed by atoms with Gasteiger partial charge < -0.3 is 9.47 Å². The average molecular weight is 281 g/mol. The summed E-state index contributed by atoms with van der Waals surface area (Å²) in [6, 6.07) is 5.82. The molecule has 1 aromatic rings. The van der Waals surface area contributed by atoms with Crippen molar-refractivity contribution in [3.05, 3.63) is 42.7 Å². The summed E-state index contributed by atoms with van der Waals surface area (Å²) in [7, 11) is 0. The molecule has 0 amide bonds. The first-order chi connectivity index (χ1) is 9.65. The molecular weight excluding hydrogens is 261 g/mol. The maximum Gasteiger partial charge on any atom is 0.320 e. The Labute approximate surface area is 118 Å². The van der Waals surface area contributed by atoms with Crippen molar-refractivity contribution >= 4 is 5.97 Å². The Hall–Kier alpha value is -1.88. The van der Waals surface area contributed by atoms with Crippen LogP contribution in [0.3, 0.4) is 0 Å². The molecule has 0 fully saturated rings. The Bertz CT molecular complexity index is 420. The van der Waals surface area contributed by atoms with Crippen LogP contribution in [0.25, 0.3) is 0 Å². The van der Waals surface area contributed by atoms with E-state index in [1.165, 1.54) is 12.1 Å². The van der Waals surface area contributed by atoms with E-state index in [0.29, 0.717) is 32.1 Å². The summed E-state index contributed by atoms with van der Waals surface area (Å²) >= 11 is 0. The molecule has 0 atom stereocenters. The zero-order valence-electron chi connectivity index (χ0n) is 11.7. The minimum Gasteiger partial charge on any atom is -0.492 e. The molecule has 0 aromatic heterocycles. The first kappa shape index (κ1) is 16.2. The lowest BCUT2D eigenvalue weighted by molar-refractivity contribution is -0.144. The molecule has 0 aliphatic heterocycles. The van der Waals surface area contributed by atoms with Crippen LogP contribution in [-0.4, -0.2) is 43.7 Å². The fourth-order valence-electron chi connectivity index (χ4n) is 1.63. The standard InChI is InChI=1S/C15H20FNO3/c1-3-9-17(12-15(18)19-4-2)10-11-20-14-7-5-13(16)6-8-14/h3,5-8H,1,4,9-12H2,2H3. The number of hydrogen-bond donors (Lipinski definition) is 0. The quantitative estimate of drug-likeness (QED) is 0.514. The predicted octanol–water partition coefficient (Wildman–Crippen LogP) is 2.26. The lowest BCUT2D eigenvalue weighted by Crippen LogP contribution is -2.34. The van der Waals surface area contributed by atoms with Gasteiger partial charge in [-0.1, -0.05) is 6.08 Å². The van der Waals surface area contributed by atoms with Crippen molar-refractivity contribution < 1.29 is 18.7 Å². The summed E-state index contributed by atoms with van der Waals surface area (Å²) in [5.74, 6) is 0.0326. The minimum absolute atomic E-state index is 0.201. The van der Waals surface area contributed by atoms with Gasteiger partial charge in [-0.25, -0.2) is 4.39 Å². The van der Waals surface area contributed by atoms with Crippen molar-refractivity contribution in [3.63, 3.8) is 0 Å². The van der Waals surface area contributed by atoms with Crippen molar-refractivity contribution in [2.24, 2.45) is 0 Å². The summed E-state index contributed by atoms with van der Waals surface area (Å²) in [5.41, 5.74) is 0. The number of carbonyl (C=O) groups excluding carboxylic acids is 1. The topological polar surface area (TPSA) is 38.8 Å². The molecule has 0 saturated carbocycles. The Kier molecular flexibility index (Phi) is 7.35. The van der Waals surface area contributed by atoms with Gasteiger partial charge in [-0.3, -0.25) is 9.69 Å². The maximum absolute atomic E-state index is 12.7. The first-order valence-electron chi connectivity index (χ1n) is 6.53. The molecule has 0 aliphatic carbocycles. The number of nitrogens with zero attached hydrogens (tertiary/aromatic N) is 1. The van der Waals surface area contributed by atoms with Crippen LogP contribution in [0.4, 0.5) is 4.39 Å². The van der Waals surface area contributed by atoms with E-state index >= 15 is 0 Å². The first-order valence-corrected chi connectivity index (χ1v) is 6.53. The van der Waals surface area contributed by atoms with Crippen LogP contribution in [0.1, 0.15) is 6.92 Å². The number of rotatable bonds is 9.